The van der Waals surface area contributed by atoms with Crippen LogP contribution in [0.1, 0.15) is 28.4 Å². The predicted octanol–water partition coefficient (Wildman–Crippen LogP) is 3.87. The van der Waals surface area contributed by atoms with Crippen molar-refractivity contribution in [2.75, 3.05) is 20.8 Å². The molecular formula is C20H19NO4. The van der Waals surface area contributed by atoms with Gasteiger partial charge in [-0.3, -0.25) is 4.79 Å². The lowest BCUT2D eigenvalue weighted by Crippen LogP contribution is -1.99. The van der Waals surface area contributed by atoms with Gasteiger partial charge in [-0.1, -0.05) is 6.08 Å². The van der Waals surface area contributed by atoms with Crippen LogP contribution < -0.4 is 14.2 Å². The van der Waals surface area contributed by atoms with E-state index in [4.69, 9.17) is 19.5 Å². The molecule has 0 fully saturated rings. The van der Waals surface area contributed by atoms with Crippen molar-refractivity contribution >= 4 is 11.9 Å². The molecule has 25 heavy (non-hydrogen) atoms. The molecule has 0 aliphatic heterocycles. The molecule has 5 nitrogen and oxygen atoms in total. The van der Waals surface area contributed by atoms with E-state index in [1.807, 2.05) is 13.0 Å². The zero-order chi connectivity index (χ0) is 18.2. The molecule has 0 bridgehead atoms. The molecule has 0 N–H and O–H groups in total. The molecule has 2 rings (SSSR count). The van der Waals surface area contributed by atoms with Crippen molar-refractivity contribution in [2.24, 2.45) is 0 Å². The number of ketones is 1. The second-order valence-electron chi connectivity index (χ2n) is 5.07. The predicted molar refractivity (Wildman–Crippen MR) is 95.2 cm³/mol. The minimum absolute atomic E-state index is 0.156. The molecule has 0 aliphatic rings. The number of carbonyl (C=O) groups is 1. The topological polar surface area (TPSA) is 68.5 Å². The summed E-state index contributed by atoms with van der Waals surface area (Å²) in [5, 5.41) is 8.80. The third kappa shape index (κ3) is 4.39. The maximum Gasteiger partial charge on any atom is 0.203 e. The van der Waals surface area contributed by atoms with Crippen molar-refractivity contribution in [1.82, 2.24) is 0 Å². The fraction of sp³-hybridized carbons (Fsp3) is 0.200. The number of benzene rings is 2. The van der Waals surface area contributed by atoms with E-state index in [0.717, 1.165) is 5.56 Å². The number of nitrogens with zero attached hydrogens (tertiary/aromatic N) is 1. The fourth-order valence-electron chi connectivity index (χ4n) is 2.26. The highest BCUT2D eigenvalue weighted by molar-refractivity contribution is 6.06. The van der Waals surface area contributed by atoms with E-state index < -0.39 is 0 Å². The first kappa shape index (κ1) is 18.1. The van der Waals surface area contributed by atoms with Crippen molar-refractivity contribution in [3.8, 4) is 23.3 Å². The summed E-state index contributed by atoms with van der Waals surface area (Å²) in [5.74, 6) is 1.44. The number of rotatable bonds is 7. The number of ether oxygens (including phenoxy) is 3. The first-order valence-corrected chi connectivity index (χ1v) is 7.74. The Balaban J connectivity index is 2.27. The van der Waals surface area contributed by atoms with Crippen molar-refractivity contribution < 1.29 is 19.0 Å². The van der Waals surface area contributed by atoms with Crippen LogP contribution in [0.5, 0.6) is 17.2 Å². The van der Waals surface area contributed by atoms with Crippen LogP contribution in [-0.2, 0) is 0 Å². The number of nitriles is 1. The van der Waals surface area contributed by atoms with Gasteiger partial charge in [-0.25, -0.2) is 0 Å². The Morgan fingerprint density at radius 3 is 2.20 bits per heavy atom. The molecule has 0 saturated carbocycles. The molecule has 0 radical (unpaired) electrons. The minimum atomic E-state index is -0.156. The first-order valence-electron chi connectivity index (χ1n) is 7.74. The largest absolute Gasteiger partial charge is 0.493 e. The molecule has 2 aromatic rings. The Kier molecular flexibility index (Phi) is 6.19. The van der Waals surface area contributed by atoms with Gasteiger partial charge in [0, 0.05) is 5.56 Å². The van der Waals surface area contributed by atoms with Crippen LogP contribution in [0.2, 0.25) is 0 Å². The second-order valence-corrected chi connectivity index (χ2v) is 5.07. The monoisotopic (exact) mass is 337 g/mol. The van der Waals surface area contributed by atoms with Gasteiger partial charge in [0.05, 0.1) is 32.5 Å². The molecule has 5 heteroatoms. The van der Waals surface area contributed by atoms with Gasteiger partial charge in [-0.05, 0) is 55.0 Å². The molecule has 128 valence electrons. The summed E-state index contributed by atoms with van der Waals surface area (Å²) in [5.41, 5.74) is 1.78. The normalized spacial score (nSPS) is 10.3. The van der Waals surface area contributed by atoms with E-state index >= 15 is 0 Å². The lowest BCUT2D eigenvalue weighted by atomic mass is 10.1. The SMILES string of the molecule is CCOc1c(OC)cc(/C=C/C(=O)c2ccc(C#N)cc2)cc1OC. The van der Waals surface area contributed by atoms with Crippen LogP contribution in [0.15, 0.2) is 42.5 Å². The number of hydrogen-bond donors (Lipinski definition) is 0. The smallest absolute Gasteiger partial charge is 0.203 e. The lowest BCUT2D eigenvalue weighted by Gasteiger charge is -2.14. The van der Waals surface area contributed by atoms with Gasteiger partial charge in [0.1, 0.15) is 0 Å². The Morgan fingerprint density at radius 2 is 1.72 bits per heavy atom. The second kappa shape index (κ2) is 8.55. The highest BCUT2D eigenvalue weighted by Gasteiger charge is 2.13. The molecule has 0 aromatic heterocycles. The number of methoxy groups -OCH3 is 2. The molecule has 0 atom stereocenters. The van der Waals surface area contributed by atoms with Crippen molar-refractivity contribution in [3.63, 3.8) is 0 Å². The van der Waals surface area contributed by atoms with Crippen LogP contribution in [0, 0.1) is 11.3 Å². The third-order valence-corrected chi connectivity index (χ3v) is 3.50. The summed E-state index contributed by atoms with van der Waals surface area (Å²) in [6.07, 6.45) is 3.15. The quantitative estimate of drug-likeness (QED) is 0.567. The Bertz CT molecular complexity index is 792. The summed E-state index contributed by atoms with van der Waals surface area (Å²) in [4.78, 5) is 12.2. The van der Waals surface area contributed by atoms with Gasteiger partial charge >= 0.3 is 0 Å². The third-order valence-electron chi connectivity index (χ3n) is 3.50. The van der Waals surface area contributed by atoms with Crippen molar-refractivity contribution in [1.29, 1.82) is 5.26 Å². The summed E-state index contributed by atoms with van der Waals surface area (Å²) in [6, 6.07) is 12.1. The van der Waals surface area contributed by atoms with Crippen LogP contribution in [0.25, 0.3) is 6.08 Å². The maximum absolute atomic E-state index is 12.2. The number of carbonyl (C=O) groups excluding carboxylic acids is 1. The molecule has 0 saturated heterocycles. The summed E-state index contributed by atoms with van der Waals surface area (Å²) in [6.45, 7) is 2.36. The zero-order valence-corrected chi connectivity index (χ0v) is 14.4. The van der Waals surface area contributed by atoms with Crippen molar-refractivity contribution in [3.05, 3.63) is 59.2 Å². The Morgan fingerprint density at radius 1 is 1.12 bits per heavy atom. The molecule has 0 unspecified atom stereocenters. The van der Waals surface area contributed by atoms with E-state index in [0.29, 0.717) is 35.0 Å². The number of hydrogen-bond acceptors (Lipinski definition) is 5. The van der Waals surface area contributed by atoms with E-state index in [9.17, 15) is 4.79 Å². The first-order chi connectivity index (χ1) is 12.1. The van der Waals surface area contributed by atoms with Crippen LogP contribution in [-0.4, -0.2) is 26.6 Å². The van der Waals surface area contributed by atoms with Gasteiger partial charge < -0.3 is 14.2 Å². The summed E-state index contributed by atoms with van der Waals surface area (Å²) < 4.78 is 16.2. The minimum Gasteiger partial charge on any atom is -0.493 e. The van der Waals surface area contributed by atoms with Gasteiger partial charge in [-0.15, -0.1) is 0 Å². The van der Waals surface area contributed by atoms with Crippen LogP contribution >= 0.6 is 0 Å². The van der Waals surface area contributed by atoms with E-state index in [2.05, 4.69) is 0 Å². The summed E-state index contributed by atoms with van der Waals surface area (Å²) in [7, 11) is 3.10. The fourth-order valence-corrected chi connectivity index (χ4v) is 2.26. The molecule has 0 spiro atoms. The highest BCUT2D eigenvalue weighted by Crippen LogP contribution is 2.38. The molecular weight excluding hydrogens is 318 g/mol. The van der Waals surface area contributed by atoms with E-state index in [1.165, 1.54) is 6.08 Å². The van der Waals surface area contributed by atoms with Crippen LogP contribution in [0.3, 0.4) is 0 Å². The molecule has 2 aromatic carbocycles. The Hall–Kier alpha value is -3.26. The maximum atomic E-state index is 12.2. The molecule has 0 heterocycles. The highest BCUT2D eigenvalue weighted by atomic mass is 16.5. The zero-order valence-electron chi connectivity index (χ0n) is 14.4. The van der Waals surface area contributed by atoms with Gasteiger partial charge in [0.2, 0.25) is 5.75 Å². The van der Waals surface area contributed by atoms with E-state index in [-0.39, 0.29) is 5.78 Å². The van der Waals surface area contributed by atoms with Crippen LogP contribution in [0.4, 0.5) is 0 Å². The summed E-state index contributed by atoms with van der Waals surface area (Å²) >= 11 is 0. The molecule has 0 aliphatic carbocycles. The average Bonchev–Trinajstić information content (AvgIpc) is 2.66. The number of allylic oxidation sites excluding steroid dienone is 1. The Labute approximate surface area is 147 Å². The van der Waals surface area contributed by atoms with Crippen molar-refractivity contribution in [2.45, 2.75) is 6.92 Å². The van der Waals surface area contributed by atoms with Gasteiger partial charge in [0.25, 0.3) is 0 Å². The average molecular weight is 337 g/mol. The van der Waals surface area contributed by atoms with E-state index in [1.54, 1.807) is 56.7 Å². The van der Waals surface area contributed by atoms with Gasteiger partial charge in [0.15, 0.2) is 17.3 Å². The van der Waals surface area contributed by atoms with Gasteiger partial charge in [-0.2, -0.15) is 5.26 Å². The lowest BCUT2D eigenvalue weighted by molar-refractivity contribution is 0.104. The standard InChI is InChI=1S/C20H19NO4/c1-4-25-20-18(23-2)11-15(12-19(20)24-3)7-10-17(22)16-8-5-14(13-21)6-9-16/h5-12H,4H2,1-3H3/b10-7+. The molecule has 0 amide bonds.